The number of hydrogen-bond donors (Lipinski definition) is 3. The zero-order valence-electron chi connectivity index (χ0n) is 11.3. The third-order valence-electron chi connectivity index (χ3n) is 2.93. The number of carbonyl (C=O) groups excluding carboxylic acids is 1. The van der Waals surface area contributed by atoms with Gasteiger partial charge in [0.15, 0.2) is 0 Å². The highest BCUT2D eigenvalue weighted by Crippen LogP contribution is 2.09. The first-order valence-corrected chi connectivity index (χ1v) is 6.17. The van der Waals surface area contributed by atoms with Gasteiger partial charge in [0, 0.05) is 5.69 Å². The normalized spacial score (nSPS) is 13.4. The Bertz CT molecular complexity index is 445. The summed E-state index contributed by atoms with van der Waals surface area (Å²) in [5.41, 5.74) is 1.37. The number of rotatable bonds is 5. The molecule has 1 aromatic heterocycles. The fraction of sp³-hybridized carbons (Fsp3) is 0.462. The van der Waals surface area contributed by atoms with Gasteiger partial charge in [-0.05, 0) is 25.0 Å². The Labute approximate surface area is 112 Å². The highest BCUT2D eigenvalue weighted by molar-refractivity contribution is 5.92. The van der Waals surface area contributed by atoms with Crippen molar-refractivity contribution in [1.82, 2.24) is 10.3 Å². The summed E-state index contributed by atoms with van der Waals surface area (Å²) in [6.45, 7) is 5.50. The summed E-state index contributed by atoms with van der Waals surface area (Å²) in [5, 5.41) is 14.1. The van der Waals surface area contributed by atoms with E-state index in [1.54, 1.807) is 19.1 Å². The third kappa shape index (κ3) is 4.57. The topological polar surface area (TPSA) is 91.3 Å². The first-order chi connectivity index (χ1) is 8.93. The number of amides is 2. The summed E-state index contributed by atoms with van der Waals surface area (Å²) in [6, 6.07) is 2.03. The van der Waals surface area contributed by atoms with Crippen LogP contribution in [-0.4, -0.2) is 28.1 Å². The minimum Gasteiger partial charge on any atom is -0.480 e. The van der Waals surface area contributed by atoms with E-state index in [0.29, 0.717) is 12.1 Å². The van der Waals surface area contributed by atoms with E-state index in [0.717, 1.165) is 5.69 Å². The van der Waals surface area contributed by atoms with Crippen molar-refractivity contribution in [2.24, 2.45) is 5.92 Å². The van der Waals surface area contributed by atoms with Gasteiger partial charge in [-0.1, -0.05) is 20.3 Å². The molecule has 19 heavy (non-hydrogen) atoms. The van der Waals surface area contributed by atoms with Gasteiger partial charge < -0.3 is 15.7 Å². The lowest BCUT2D eigenvalue weighted by Gasteiger charge is -2.20. The van der Waals surface area contributed by atoms with Crippen LogP contribution in [0.2, 0.25) is 0 Å². The van der Waals surface area contributed by atoms with Crippen molar-refractivity contribution >= 4 is 17.7 Å². The largest absolute Gasteiger partial charge is 0.480 e. The molecule has 6 heteroatoms. The second kappa shape index (κ2) is 6.72. The van der Waals surface area contributed by atoms with E-state index in [1.165, 1.54) is 6.20 Å². The standard InChI is InChI=1S/C13H19N3O3/c1-4-8(2)11(12(17)18)16-13(19)15-10-6-5-9(3)14-7-10/h5-8,11H,4H2,1-3H3,(H,17,18)(H2,15,16,19)/t8-,11-/m0/s1. The van der Waals surface area contributed by atoms with Crippen molar-refractivity contribution in [2.45, 2.75) is 33.2 Å². The van der Waals surface area contributed by atoms with Crippen molar-refractivity contribution in [2.75, 3.05) is 5.32 Å². The molecule has 1 rings (SSSR count). The summed E-state index contributed by atoms with van der Waals surface area (Å²) in [4.78, 5) is 26.8. The summed E-state index contributed by atoms with van der Waals surface area (Å²) in [6.07, 6.45) is 2.19. The molecule has 0 aliphatic heterocycles. The number of hydrogen-bond acceptors (Lipinski definition) is 3. The van der Waals surface area contributed by atoms with E-state index in [1.807, 2.05) is 13.8 Å². The molecule has 2 atom stereocenters. The minimum atomic E-state index is -1.04. The molecule has 0 aliphatic rings. The van der Waals surface area contributed by atoms with Crippen LogP contribution in [-0.2, 0) is 4.79 Å². The second-order valence-electron chi connectivity index (χ2n) is 4.49. The van der Waals surface area contributed by atoms with Crippen LogP contribution in [0.15, 0.2) is 18.3 Å². The molecular weight excluding hydrogens is 246 g/mol. The van der Waals surface area contributed by atoms with Gasteiger partial charge >= 0.3 is 12.0 Å². The molecule has 0 aliphatic carbocycles. The van der Waals surface area contributed by atoms with Crippen molar-refractivity contribution in [3.8, 4) is 0 Å². The van der Waals surface area contributed by atoms with Crippen molar-refractivity contribution in [3.63, 3.8) is 0 Å². The number of carbonyl (C=O) groups is 2. The number of nitrogens with one attached hydrogen (secondary N) is 2. The van der Waals surface area contributed by atoms with Gasteiger partial charge in [-0.15, -0.1) is 0 Å². The molecule has 0 saturated heterocycles. The average Bonchev–Trinajstić information content (AvgIpc) is 2.37. The van der Waals surface area contributed by atoms with Crippen LogP contribution in [0.4, 0.5) is 10.5 Å². The summed E-state index contributed by atoms with van der Waals surface area (Å²) in [5.74, 6) is -1.18. The van der Waals surface area contributed by atoms with Crippen molar-refractivity contribution in [3.05, 3.63) is 24.0 Å². The van der Waals surface area contributed by atoms with Gasteiger partial charge in [-0.2, -0.15) is 0 Å². The van der Waals surface area contributed by atoms with Gasteiger partial charge in [0.1, 0.15) is 6.04 Å². The van der Waals surface area contributed by atoms with Gasteiger partial charge in [-0.25, -0.2) is 9.59 Å². The van der Waals surface area contributed by atoms with Crippen LogP contribution >= 0.6 is 0 Å². The van der Waals surface area contributed by atoms with Crippen LogP contribution in [0.5, 0.6) is 0 Å². The van der Waals surface area contributed by atoms with Crippen LogP contribution in [0.3, 0.4) is 0 Å². The molecule has 2 amide bonds. The van der Waals surface area contributed by atoms with Crippen molar-refractivity contribution in [1.29, 1.82) is 0 Å². The third-order valence-corrected chi connectivity index (χ3v) is 2.93. The molecule has 0 saturated carbocycles. The van der Waals surface area contributed by atoms with E-state index in [2.05, 4.69) is 15.6 Å². The average molecular weight is 265 g/mol. The molecule has 0 aromatic carbocycles. The van der Waals surface area contributed by atoms with Crippen LogP contribution < -0.4 is 10.6 Å². The number of carboxylic acid groups (broad SMARTS) is 1. The maximum atomic E-state index is 11.7. The van der Waals surface area contributed by atoms with Gasteiger partial charge in [0.05, 0.1) is 11.9 Å². The molecule has 3 N–H and O–H groups in total. The molecular formula is C13H19N3O3. The Morgan fingerprint density at radius 1 is 1.42 bits per heavy atom. The number of aryl methyl sites for hydroxylation is 1. The highest BCUT2D eigenvalue weighted by Gasteiger charge is 2.25. The lowest BCUT2D eigenvalue weighted by molar-refractivity contribution is -0.140. The zero-order chi connectivity index (χ0) is 14.4. The first-order valence-electron chi connectivity index (χ1n) is 6.17. The molecule has 6 nitrogen and oxygen atoms in total. The maximum absolute atomic E-state index is 11.7. The molecule has 0 unspecified atom stereocenters. The maximum Gasteiger partial charge on any atom is 0.326 e. The lowest BCUT2D eigenvalue weighted by atomic mass is 9.99. The highest BCUT2D eigenvalue weighted by atomic mass is 16.4. The smallest absolute Gasteiger partial charge is 0.326 e. The fourth-order valence-electron chi connectivity index (χ4n) is 1.53. The van der Waals surface area contributed by atoms with Crippen LogP contribution in [0.1, 0.15) is 26.0 Å². The van der Waals surface area contributed by atoms with Gasteiger partial charge in [0.25, 0.3) is 0 Å². The van der Waals surface area contributed by atoms with E-state index in [-0.39, 0.29) is 5.92 Å². The number of aliphatic carboxylic acids is 1. The Kier molecular flexibility index (Phi) is 5.29. The SMILES string of the molecule is CC[C@H](C)[C@H](NC(=O)Nc1ccc(C)nc1)C(=O)O. The molecule has 1 heterocycles. The monoisotopic (exact) mass is 265 g/mol. The van der Waals surface area contributed by atoms with E-state index < -0.39 is 18.0 Å². The fourth-order valence-corrected chi connectivity index (χ4v) is 1.53. The summed E-state index contributed by atoms with van der Waals surface area (Å²) >= 11 is 0. The number of anilines is 1. The van der Waals surface area contributed by atoms with E-state index in [9.17, 15) is 9.59 Å². The number of urea groups is 1. The number of carboxylic acids is 1. The zero-order valence-corrected chi connectivity index (χ0v) is 11.3. The Balaban J connectivity index is 2.62. The first kappa shape index (κ1) is 14.9. The Hall–Kier alpha value is -2.11. The van der Waals surface area contributed by atoms with Gasteiger partial charge in [0.2, 0.25) is 0 Å². The quantitative estimate of drug-likeness (QED) is 0.759. The number of aromatic nitrogens is 1. The molecule has 1 aromatic rings. The van der Waals surface area contributed by atoms with Gasteiger partial charge in [-0.3, -0.25) is 4.98 Å². The summed E-state index contributed by atoms with van der Waals surface area (Å²) < 4.78 is 0. The molecule has 0 radical (unpaired) electrons. The number of nitrogens with zero attached hydrogens (tertiary/aromatic N) is 1. The van der Waals surface area contributed by atoms with Crippen molar-refractivity contribution < 1.29 is 14.7 Å². The Morgan fingerprint density at radius 3 is 2.58 bits per heavy atom. The summed E-state index contributed by atoms with van der Waals surface area (Å²) in [7, 11) is 0. The lowest BCUT2D eigenvalue weighted by Crippen LogP contribution is -2.46. The van der Waals surface area contributed by atoms with Crippen LogP contribution in [0, 0.1) is 12.8 Å². The molecule has 0 bridgehead atoms. The van der Waals surface area contributed by atoms with E-state index >= 15 is 0 Å². The minimum absolute atomic E-state index is 0.139. The molecule has 0 spiro atoms. The molecule has 0 fully saturated rings. The van der Waals surface area contributed by atoms with E-state index in [4.69, 9.17) is 5.11 Å². The number of pyridine rings is 1. The van der Waals surface area contributed by atoms with Crippen LogP contribution in [0.25, 0.3) is 0 Å². The predicted molar refractivity (Wildman–Crippen MR) is 72.0 cm³/mol. The Morgan fingerprint density at radius 2 is 2.11 bits per heavy atom. The predicted octanol–water partition coefficient (Wildman–Crippen LogP) is 2.01. The second-order valence-corrected chi connectivity index (χ2v) is 4.49. The molecule has 104 valence electrons.